The number of nitrogens with two attached hydrogens (primary N) is 1. The first kappa shape index (κ1) is 19.4. The first-order chi connectivity index (χ1) is 10.5. The third-order valence-corrected chi connectivity index (χ3v) is 4.27. The van der Waals surface area contributed by atoms with E-state index in [1.165, 1.54) is 14.2 Å². The smallest absolute Gasteiger partial charge is 0.257 e. The average Bonchev–Trinajstić information content (AvgIpc) is 2.95. The van der Waals surface area contributed by atoms with E-state index in [4.69, 9.17) is 19.9 Å². The molecule has 1 saturated heterocycles. The summed E-state index contributed by atoms with van der Waals surface area (Å²) in [4.78, 5) is 14.6. The summed E-state index contributed by atoms with van der Waals surface area (Å²) in [7, 11) is 4.59. The highest BCUT2D eigenvalue weighted by atomic mass is 35.5. The van der Waals surface area contributed by atoms with Crippen molar-refractivity contribution in [3.8, 4) is 17.2 Å². The Hall–Kier alpha value is -1.66. The second kappa shape index (κ2) is 7.75. The van der Waals surface area contributed by atoms with Crippen LogP contribution < -0.4 is 19.9 Å². The number of benzene rings is 1. The molecule has 1 aliphatic rings. The Morgan fingerprint density at radius 3 is 2.35 bits per heavy atom. The monoisotopic (exact) mass is 344 g/mol. The standard InChI is InChI=1S/C16H24N2O4.ClH/c1-16(9-17)7-8-18(10-16)15(19)11-5-6-12(20-2)14(22-4)13(11)21-3;/h5-6H,7-10,17H2,1-4H3;1H. The molecule has 2 rings (SSSR count). The number of hydrogen-bond donors (Lipinski definition) is 1. The normalized spacial score (nSPS) is 20.0. The van der Waals surface area contributed by atoms with Crippen LogP contribution in [0, 0.1) is 5.41 Å². The lowest BCUT2D eigenvalue weighted by molar-refractivity contribution is 0.0772. The number of hydrogen-bond acceptors (Lipinski definition) is 5. The quantitative estimate of drug-likeness (QED) is 0.883. The molecule has 0 aromatic heterocycles. The van der Waals surface area contributed by atoms with Crippen molar-refractivity contribution in [3.05, 3.63) is 17.7 Å². The Kier molecular flexibility index (Phi) is 6.53. The molecule has 0 radical (unpaired) electrons. The molecule has 1 fully saturated rings. The number of amides is 1. The first-order valence-electron chi connectivity index (χ1n) is 7.28. The second-order valence-electron chi connectivity index (χ2n) is 5.87. The molecule has 1 aliphatic heterocycles. The summed E-state index contributed by atoms with van der Waals surface area (Å²) < 4.78 is 16.0. The van der Waals surface area contributed by atoms with E-state index in [2.05, 4.69) is 6.92 Å². The van der Waals surface area contributed by atoms with Gasteiger partial charge in [-0.2, -0.15) is 0 Å². The van der Waals surface area contributed by atoms with Gasteiger partial charge in [-0.3, -0.25) is 4.79 Å². The molecule has 23 heavy (non-hydrogen) atoms. The van der Waals surface area contributed by atoms with E-state index < -0.39 is 0 Å². The lowest BCUT2D eigenvalue weighted by Crippen LogP contribution is -2.34. The van der Waals surface area contributed by atoms with E-state index in [-0.39, 0.29) is 23.7 Å². The summed E-state index contributed by atoms with van der Waals surface area (Å²) >= 11 is 0. The van der Waals surface area contributed by atoms with Crippen LogP contribution in [-0.2, 0) is 0 Å². The number of carbonyl (C=O) groups is 1. The fraction of sp³-hybridized carbons (Fsp3) is 0.562. The maximum absolute atomic E-state index is 12.8. The molecule has 1 aromatic rings. The zero-order valence-corrected chi connectivity index (χ0v) is 14.9. The Morgan fingerprint density at radius 2 is 1.87 bits per heavy atom. The highest BCUT2D eigenvalue weighted by Crippen LogP contribution is 2.41. The van der Waals surface area contributed by atoms with Crippen molar-refractivity contribution in [2.24, 2.45) is 11.1 Å². The van der Waals surface area contributed by atoms with E-state index in [0.717, 1.165) is 6.42 Å². The van der Waals surface area contributed by atoms with Crippen LogP contribution in [0.2, 0.25) is 0 Å². The van der Waals surface area contributed by atoms with Gasteiger partial charge in [0.05, 0.1) is 26.9 Å². The van der Waals surface area contributed by atoms with Crippen molar-refractivity contribution in [3.63, 3.8) is 0 Å². The molecule has 1 unspecified atom stereocenters. The molecular weight excluding hydrogens is 320 g/mol. The van der Waals surface area contributed by atoms with Crippen LogP contribution >= 0.6 is 12.4 Å². The van der Waals surface area contributed by atoms with Crippen molar-refractivity contribution in [1.29, 1.82) is 0 Å². The molecule has 130 valence electrons. The van der Waals surface area contributed by atoms with Crippen molar-refractivity contribution in [2.45, 2.75) is 13.3 Å². The van der Waals surface area contributed by atoms with Gasteiger partial charge in [0, 0.05) is 13.1 Å². The van der Waals surface area contributed by atoms with Gasteiger partial charge in [0.2, 0.25) is 5.75 Å². The SMILES string of the molecule is COc1ccc(C(=O)N2CCC(C)(CN)C2)c(OC)c1OC.Cl. The molecule has 2 N–H and O–H groups in total. The summed E-state index contributed by atoms with van der Waals surface area (Å²) in [6.45, 7) is 4.02. The van der Waals surface area contributed by atoms with Gasteiger partial charge in [-0.25, -0.2) is 0 Å². The highest BCUT2D eigenvalue weighted by molar-refractivity contribution is 5.98. The number of likely N-dealkylation sites (tertiary alicyclic amines) is 1. The van der Waals surface area contributed by atoms with Crippen molar-refractivity contribution < 1.29 is 19.0 Å². The Labute approximate surface area is 143 Å². The zero-order valence-electron chi connectivity index (χ0n) is 14.0. The summed E-state index contributed by atoms with van der Waals surface area (Å²) in [6, 6.07) is 3.42. The van der Waals surface area contributed by atoms with E-state index in [1.807, 2.05) is 4.90 Å². The molecule has 0 spiro atoms. The summed E-state index contributed by atoms with van der Waals surface area (Å²) in [5.41, 5.74) is 6.27. The highest BCUT2D eigenvalue weighted by Gasteiger charge is 2.36. The number of methoxy groups -OCH3 is 3. The van der Waals surface area contributed by atoms with Crippen molar-refractivity contribution in [1.82, 2.24) is 4.90 Å². The molecular formula is C16H25ClN2O4. The number of rotatable bonds is 5. The Morgan fingerprint density at radius 1 is 1.22 bits per heavy atom. The minimum Gasteiger partial charge on any atom is -0.493 e. The molecule has 0 saturated carbocycles. The summed E-state index contributed by atoms with van der Waals surface area (Å²) in [5.74, 6) is 1.28. The topological polar surface area (TPSA) is 74.0 Å². The van der Waals surface area contributed by atoms with Gasteiger partial charge in [-0.05, 0) is 30.5 Å². The van der Waals surface area contributed by atoms with Crippen LogP contribution in [0.3, 0.4) is 0 Å². The lowest BCUT2D eigenvalue weighted by atomic mass is 9.90. The molecule has 6 nitrogen and oxygen atoms in total. The lowest BCUT2D eigenvalue weighted by Gasteiger charge is -2.23. The largest absolute Gasteiger partial charge is 0.493 e. The van der Waals surface area contributed by atoms with E-state index in [9.17, 15) is 4.79 Å². The third kappa shape index (κ3) is 3.64. The fourth-order valence-corrected chi connectivity index (χ4v) is 2.80. The van der Waals surface area contributed by atoms with E-state index in [0.29, 0.717) is 42.4 Å². The van der Waals surface area contributed by atoms with Gasteiger partial charge in [0.25, 0.3) is 5.91 Å². The van der Waals surface area contributed by atoms with Gasteiger partial charge >= 0.3 is 0 Å². The molecule has 0 aliphatic carbocycles. The predicted octanol–water partition coefficient (Wildman–Crippen LogP) is 1.95. The Balaban J connectivity index is 0.00000264. The second-order valence-corrected chi connectivity index (χ2v) is 5.87. The third-order valence-electron chi connectivity index (χ3n) is 4.27. The zero-order chi connectivity index (χ0) is 16.3. The van der Waals surface area contributed by atoms with Gasteiger partial charge < -0.3 is 24.8 Å². The average molecular weight is 345 g/mol. The molecule has 0 bridgehead atoms. The molecule has 1 amide bonds. The van der Waals surface area contributed by atoms with Crippen LogP contribution in [0.5, 0.6) is 17.2 Å². The van der Waals surface area contributed by atoms with Crippen molar-refractivity contribution >= 4 is 18.3 Å². The molecule has 1 heterocycles. The number of carbonyl (C=O) groups excluding carboxylic acids is 1. The fourth-order valence-electron chi connectivity index (χ4n) is 2.80. The van der Waals surface area contributed by atoms with Crippen LogP contribution in [0.4, 0.5) is 0 Å². The minimum atomic E-state index is -0.0741. The number of nitrogens with zero attached hydrogens (tertiary/aromatic N) is 1. The number of ether oxygens (including phenoxy) is 3. The van der Waals surface area contributed by atoms with Crippen LogP contribution in [0.1, 0.15) is 23.7 Å². The Bertz CT molecular complexity index is 567. The predicted molar refractivity (Wildman–Crippen MR) is 91.0 cm³/mol. The summed E-state index contributed by atoms with van der Waals surface area (Å²) in [5, 5.41) is 0. The molecule has 1 aromatic carbocycles. The minimum absolute atomic E-state index is 0. The maximum Gasteiger partial charge on any atom is 0.257 e. The number of halogens is 1. The van der Waals surface area contributed by atoms with Gasteiger partial charge in [-0.1, -0.05) is 6.92 Å². The first-order valence-corrected chi connectivity index (χ1v) is 7.28. The molecule has 7 heteroatoms. The van der Waals surface area contributed by atoms with Crippen LogP contribution in [0.15, 0.2) is 12.1 Å². The van der Waals surface area contributed by atoms with Gasteiger partial charge in [0.1, 0.15) is 0 Å². The van der Waals surface area contributed by atoms with Crippen molar-refractivity contribution in [2.75, 3.05) is 41.0 Å². The van der Waals surface area contributed by atoms with E-state index in [1.54, 1.807) is 19.2 Å². The maximum atomic E-state index is 12.8. The summed E-state index contributed by atoms with van der Waals surface area (Å²) in [6.07, 6.45) is 0.908. The van der Waals surface area contributed by atoms with Gasteiger partial charge in [-0.15, -0.1) is 12.4 Å². The van der Waals surface area contributed by atoms with E-state index >= 15 is 0 Å². The van der Waals surface area contributed by atoms with Crippen LogP contribution in [0.25, 0.3) is 0 Å². The molecule has 1 atom stereocenters. The van der Waals surface area contributed by atoms with Gasteiger partial charge in [0.15, 0.2) is 11.5 Å². The van der Waals surface area contributed by atoms with Crippen LogP contribution in [-0.4, -0.2) is 51.8 Å².